The van der Waals surface area contributed by atoms with E-state index in [1.54, 1.807) is 0 Å². The van der Waals surface area contributed by atoms with Crippen LogP contribution < -0.4 is 0 Å². The zero-order valence-corrected chi connectivity index (χ0v) is 50.3. The first kappa shape index (κ1) is 51.9. The number of fused-ring (bicyclic) bond motifs is 12. The van der Waals surface area contributed by atoms with Crippen molar-refractivity contribution < 1.29 is 9.15 Å². The van der Waals surface area contributed by atoms with E-state index in [0.29, 0.717) is 5.92 Å². The summed E-state index contributed by atoms with van der Waals surface area (Å²) in [5.41, 5.74) is 20.3. The van der Waals surface area contributed by atoms with Crippen LogP contribution in [0.25, 0.3) is 49.6 Å². The third-order valence-electron chi connectivity index (χ3n) is 19.5. The highest BCUT2D eigenvalue weighted by molar-refractivity contribution is 7.56. The molecule has 9 aromatic carbocycles. The Bertz CT molecular complexity index is 4540. The zero-order chi connectivity index (χ0) is 56.2. The van der Waals surface area contributed by atoms with E-state index in [4.69, 9.17) is 15.7 Å². The van der Waals surface area contributed by atoms with Crippen molar-refractivity contribution in [2.75, 3.05) is 0 Å². The van der Waals surface area contributed by atoms with Gasteiger partial charge in [0.2, 0.25) is 0 Å². The number of rotatable bonds is 10. The second-order valence-corrected chi connectivity index (χ2v) is 29.2. The highest BCUT2D eigenvalue weighted by Gasteiger charge is 2.43. The molecule has 12 unspecified atom stereocenters. The second-order valence-electron chi connectivity index (χ2n) is 24.4. The van der Waals surface area contributed by atoms with Crippen LogP contribution in [0.5, 0.6) is 0 Å². The van der Waals surface area contributed by atoms with Gasteiger partial charge in [0.15, 0.2) is 0 Å². The highest BCUT2D eigenvalue weighted by Crippen LogP contribution is 2.58. The maximum Gasteiger partial charge on any atom is 0.139 e. The number of hydrogen-bond donors (Lipinski definition) is 0. The van der Waals surface area contributed by atoms with Crippen LogP contribution in [0, 0.1) is 11.8 Å². The monoisotopic (exact) mass is 1140 g/mol. The molecule has 0 spiro atoms. The van der Waals surface area contributed by atoms with E-state index in [9.17, 15) is 0 Å². The Balaban J connectivity index is 0.726. The van der Waals surface area contributed by atoms with E-state index < -0.39 is 0 Å². The number of allylic oxidation sites excluding steroid dienone is 11. The van der Waals surface area contributed by atoms with E-state index >= 15 is 0 Å². The van der Waals surface area contributed by atoms with Gasteiger partial charge in [0.05, 0.1) is 0 Å². The molecule has 12 atom stereocenters. The van der Waals surface area contributed by atoms with Crippen molar-refractivity contribution >= 4 is 77.3 Å². The van der Waals surface area contributed by atoms with E-state index in [1.807, 2.05) is 0 Å². The van der Waals surface area contributed by atoms with Crippen LogP contribution in [0.4, 0.5) is 0 Å². The van der Waals surface area contributed by atoms with Gasteiger partial charge in [-0.1, -0.05) is 255 Å². The Hall–Kier alpha value is -7.69. The SMILES string of the molecule is C=C1CC(c2ccc3c(ccc4cc(C(c5ccccc5)c5cccc6c5oc5ccccc56)ccc43)c2)C(c2ccc(C(P)(P)P)cc2)C1c1ccc2c(c1)C=CC1C=C(C(C3=C4OC5C=CC=CC5C4=CCC3)c3ccccc3)C=CC21. The Morgan fingerprint density at radius 3 is 2.08 bits per heavy atom. The summed E-state index contributed by atoms with van der Waals surface area (Å²) in [7, 11) is 8.91. The smallest absolute Gasteiger partial charge is 0.139 e. The lowest BCUT2D eigenvalue weighted by atomic mass is 9.70. The molecular weight excluding hydrogens is 1070 g/mol. The third-order valence-corrected chi connectivity index (χ3v) is 20.5. The molecule has 84 heavy (non-hydrogen) atoms. The molecule has 0 amide bonds. The minimum Gasteiger partial charge on any atom is -0.485 e. The summed E-state index contributed by atoms with van der Waals surface area (Å²) in [6, 6.07) is 72.9. The molecule has 0 radical (unpaired) electrons. The molecule has 10 aromatic rings. The standard InChI is InChI=1S/C79H65O2P3/c1-47-42-70(55-32-38-60-51(43-55)26-27-53-45-57(34-40-62(53)60)74(48-14-4-2-5-15-48)68-22-12-20-66-64-18-8-10-24-71(64)80-77(66)68)76(50-30-36-59(37-31-50)79(82,83)84)73(47)56-33-39-61-52(44-56)28-29-54-46-58(35-41-63(54)61)75(49-16-6-3-7-17-49)69-23-13-21-67-65-19-9-11-25-72(65)81-78(67)69/h2-12,14-22,24-41,43-46,54,63,65,70,72-76H,1,13,23,42,82-84H2. The zero-order valence-electron chi connectivity index (χ0n) is 46.8. The summed E-state index contributed by atoms with van der Waals surface area (Å²) in [5.74, 6) is 2.64. The molecule has 1 saturated heterocycles. The molecule has 0 bridgehead atoms. The van der Waals surface area contributed by atoms with Gasteiger partial charge in [0.25, 0.3) is 0 Å². The summed E-state index contributed by atoms with van der Waals surface area (Å²) in [5, 5.41) is 7.33. The minimum absolute atomic E-state index is 0.0110. The Morgan fingerprint density at radius 2 is 1.27 bits per heavy atom. The lowest BCUT2D eigenvalue weighted by Crippen LogP contribution is -2.19. The lowest BCUT2D eigenvalue weighted by Gasteiger charge is -2.34. The van der Waals surface area contributed by atoms with Crippen LogP contribution in [0.2, 0.25) is 0 Å². The van der Waals surface area contributed by atoms with Crippen LogP contribution in [0.15, 0.2) is 288 Å². The largest absolute Gasteiger partial charge is 0.485 e. The first-order valence-electron chi connectivity index (χ1n) is 30.0. The molecule has 0 N–H and O–H groups in total. The minimum atomic E-state index is -0.189. The predicted octanol–water partition coefficient (Wildman–Crippen LogP) is 20.5. The van der Waals surface area contributed by atoms with Crippen molar-refractivity contribution in [2.24, 2.45) is 11.8 Å². The van der Waals surface area contributed by atoms with Crippen molar-refractivity contribution in [3.05, 3.63) is 339 Å². The summed E-state index contributed by atoms with van der Waals surface area (Å²) in [6.45, 7) is 4.95. The Kier molecular flexibility index (Phi) is 12.9. The van der Waals surface area contributed by atoms with Gasteiger partial charge < -0.3 is 9.15 Å². The van der Waals surface area contributed by atoms with Crippen LogP contribution in [0.1, 0.15) is 110 Å². The third kappa shape index (κ3) is 8.86. The maximum atomic E-state index is 6.85. The van der Waals surface area contributed by atoms with Gasteiger partial charge in [-0.25, -0.2) is 0 Å². The van der Waals surface area contributed by atoms with Crippen molar-refractivity contribution in [3.63, 3.8) is 0 Å². The maximum absolute atomic E-state index is 6.85. The molecule has 5 aliphatic carbocycles. The lowest BCUT2D eigenvalue weighted by molar-refractivity contribution is 0.180. The van der Waals surface area contributed by atoms with E-state index in [0.717, 1.165) is 47.0 Å². The van der Waals surface area contributed by atoms with Gasteiger partial charge >= 0.3 is 0 Å². The van der Waals surface area contributed by atoms with Crippen LogP contribution in [-0.2, 0) is 9.38 Å². The number of benzene rings is 9. The average molecular weight is 1140 g/mol. The van der Waals surface area contributed by atoms with Gasteiger partial charge in [-0.2, -0.15) is 0 Å². The normalized spacial score (nSPS) is 23.1. The summed E-state index contributed by atoms with van der Waals surface area (Å²) in [6.07, 6.45) is 26.7. The Morgan fingerprint density at radius 1 is 0.560 bits per heavy atom. The molecule has 1 saturated carbocycles. The quantitative estimate of drug-likeness (QED) is 0.0589. The van der Waals surface area contributed by atoms with Crippen molar-refractivity contribution in [1.29, 1.82) is 0 Å². The van der Waals surface area contributed by atoms with Gasteiger partial charge in [0.1, 0.15) is 23.0 Å². The van der Waals surface area contributed by atoms with Gasteiger partial charge in [-0.3, -0.25) is 0 Å². The Labute approximate surface area is 499 Å². The highest BCUT2D eigenvalue weighted by atomic mass is 31.1. The first-order valence-corrected chi connectivity index (χ1v) is 31.7. The van der Waals surface area contributed by atoms with Gasteiger partial charge in [-0.05, 0) is 120 Å². The molecular formula is C79H65O2P3. The molecule has 2 fully saturated rings. The summed E-state index contributed by atoms with van der Waals surface area (Å²) in [4.78, 5) is 0. The van der Waals surface area contributed by atoms with Crippen molar-refractivity contribution in [3.8, 4) is 0 Å². The first-order chi connectivity index (χ1) is 41.2. The van der Waals surface area contributed by atoms with Gasteiger partial charge in [-0.15, -0.1) is 27.7 Å². The predicted molar refractivity (Wildman–Crippen MR) is 361 cm³/mol. The van der Waals surface area contributed by atoms with E-state index in [2.05, 4.69) is 283 Å². The van der Waals surface area contributed by atoms with Crippen molar-refractivity contribution in [1.82, 2.24) is 0 Å². The topological polar surface area (TPSA) is 22.4 Å². The molecule has 16 rings (SSSR count). The molecule has 1 aromatic heterocycles. The number of furan rings is 1. The van der Waals surface area contributed by atoms with Crippen LogP contribution in [0.3, 0.4) is 0 Å². The summed E-state index contributed by atoms with van der Waals surface area (Å²) < 4.78 is 13.3. The molecule has 408 valence electrons. The fourth-order valence-electron chi connectivity index (χ4n) is 15.6. The number of para-hydroxylation sites is 2. The fraction of sp³-hybridized carbons (Fsp3) is 0.165. The molecule has 5 heteroatoms. The van der Waals surface area contributed by atoms with E-state index in [-0.39, 0.29) is 52.2 Å². The second kappa shape index (κ2) is 20.8. The molecule has 2 heterocycles. The van der Waals surface area contributed by atoms with Crippen molar-refractivity contribution in [2.45, 2.75) is 65.5 Å². The molecule has 6 aliphatic rings. The molecule has 1 aliphatic heterocycles. The van der Waals surface area contributed by atoms with Crippen LogP contribution in [-0.4, -0.2) is 6.10 Å². The summed E-state index contributed by atoms with van der Waals surface area (Å²) >= 11 is 0. The number of hydrogen-bond acceptors (Lipinski definition) is 2. The molecule has 2 nitrogen and oxygen atoms in total. The van der Waals surface area contributed by atoms with Crippen LogP contribution >= 0.6 is 27.7 Å². The fourth-order valence-corrected chi connectivity index (χ4v) is 16.2. The van der Waals surface area contributed by atoms with Gasteiger partial charge in [0, 0.05) is 68.0 Å². The van der Waals surface area contributed by atoms with E-state index in [1.165, 1.54) is 99.5 Å². The average Bonchev–Trinajstić information content (AvgIpc) is 2.15. The number of ether oxygens (including phenoxy) is 1.